The molecule has 0 saturated carbocycles. The minimum absolute atomic E-state index is 0.750. The SMILES string of the molecule is Clc1ccc(-c2ccc3[nH]c4ccc(-c5ccc(Cl)cc5)cc4c3c2)cc1. The summed E-state index contributed by atoms with van der Waals surface area (Å²) < 4.78 is 0. The fraction of sp³-hybridized carbons (Fsp3) is 0. The van der Waals surface area contributed by atoms with E-state index in [2.05, 4.69) is 65.6 Å². The van der Waals surface area contributed by atoms with E-state index in [1.807, 2.05) is 24.3 Å². The van der Waals surface area contributed by atoms with Crippen molar-refractivity contribution in [3.05, 3.63) is 95.0 Å². The van der Waals surface area contributed by atoms with E-state index in [0.29, 0.717) is 0 Å². The largest absolute Gasteiger partial charge is 0.355 e. The lowest BCUT2D eigenvalue weighted by Crippen LogP contribution is -1.79. The zero-order chi connectivity index (χ0) is 18.4. The summed E-state index contributed by atoms with van der Waals surface area (Å²) in [6.45, 7) is 0. The zero-order valence-electron chi connectivity index (χ0n) is 14.3. The van der Waals surface area contributed by atoms with Crippen molar-refractivity contribution in [3.63, 3.8) is 0 Å². The average Bonchev–Trinajstić information content (AvgIpc) is 3.06. The van der Waals surface area contributed by atoms with Crippen LogP contribution in [0.25, 0.3) is 44.1 Å². The van der Waals surface area contributed by atoms with Gasteiger partial charge in [0.25, 0.3) is 0 Å². The number of hydrogen-bond acceptors (Lipinski definition) is 0. The predicted molar refractivity (Wildman–Crippen MR) is 117 cm³/mol. The third-order valence-electron chi connectivity index (χ3n) is 4.95. The molecule has 0 aliphatic carbocycles. The van der Waals surface area contributed by atoms with Crippen LogP contribution in [0.2, 0.25) is 10.0 Å². The molecule has 5 rings (SSSR count). The maximum absolute atomic E-state index is 6.03. The van der Waals surface area contributed by atoms with Crippen LogP contribution in [-0.2, 0) is 0 Å². The van der Waals surface area contributed by atoms with Crippen LogP contribution in [0.3, 0.4) is 0 Å². The van der Waals surface area contributed by atoms with E-state index in [4.69, 9.17) is 23.2 Å². The van der Waals surface area contributed by atoms with E-state index in [-0.39, 0.29) is 0 Å². The van der Waals surface area contributed by atoms with Crippen molar-refractivity contribution in [1.29, 1.82) is 0 Å². The number of aromatic amines is 1. The predicted octanol–water partition coefficient (Wildman–Crippen LogP) is 7.96. The second-order valence-electron chi connectivity index (χ2n) is 6.66. The number of benzene rings is 4. The maximum atomic E-state index is 6.03. The van der Waals surface area contributed by atoms with Crippen LogP contribution in [0.15, 0.2) is 84.9 Å². The van der Waals surface area contributed by atoms with Gasteiger partial charge in [0.15, 0.2) is 0 Å². The zero-order valence-corrected chi connectivity index (χ0v) is 15.9. The Morgan fingerprint density at radius 3 is 1.22 bits per heavy atom. The highest BCUT2D eigenvalue weighted by Crippen LogP contribution is 2.33. The first-order valence-corrected chi connectivity index (χ1v) is 9.50. The molecule has 0 aliphatic heterocycles. The van der Waals surface area contributed by atoms with E-state index in [0.717, 1.165) is 32.2 Å². The Labute approximate surface area is 167 Å². The van der Waals surface area contributed by atoms with Crippen LogP contribution in [0.5, 0.6) is 0 Å². The third kappa shape index (κ3) is 2.99. The topological polar surface area (TPSA) is 15.8 Å². The fourth-order valence-corrected chi connectivity index (χ4v) is 3.79. The Kier molecular flexibility index (Phi) is 3.93. The first-order valence-electron chi connectivity index (χ1n) is 8.75. The minimum atomic E-state index is 0.750. The lowest BCUT2D eigenvalue weighted by molar-refractivity contribution is 1.54. The van der Waals surface area contributed by atoms with Gasteiger partial charge < -0.3 is 4.98 Å². The van der Waals surface area contributed by atoms with Gasteiger partial charge in [-0.2, -0.15) is 0 Å². The summed E-state index contributed by atoms with van der Waals surface area (Å²) in [6.07, 6.45) is 0. The second kappa shape index (κ2) is 6.45. The Hall–Kier alpha value is -2.74. The molecule has 0 spiro atoms. The van der Waals surface area contributed by atoms with Crippen molar-refractivity contribution >= 4 is 45.0 Å². The first kappa shape index (κ1) is 16.4. The summed E-state index contributed by atoms with van der Waals surface area (Å²) in [5, 5.41) is 3.93. The normalized spacial score (nSPS) is 11.3. The van der Waals surface area contributed by atoms with Crippen molar-refractivity contribution in [2.45, 2.75) is 0 Å². The van der Waals surface area contributed by atoms with E-state index in [9.17, 15) is 0 Å². The van der Waals surface area contributed by atoms with Gasteiger partial charge in [0.1, 0.15) is 0 Å². The van der Waals surface area contributed by atoms with Gasteiger partial charge in [0, 0.05) is 31.9 Å². The monoisotopic (exact) mass is 387 g/mol. The molecule has 1 aromatic heterocycles. The number of nitrogens with one attached hydrogen (secondary N) is 1. The number of H-pyrrole nitrogens is 1. The molecule has 0 unspecified atom stereocenters. The number of halogens is 2. The summed E-state index contributed by atoms with van der Waals surface area (Å²) in [4.78, 5) is 3.51. The molecular formula is C24H15Cl2N. The molecule has 0 amide bonds. The van der Waals surface area contributed by atoms with E-state index < -0.39 is 0 Å². The molecule has 5 aromatic rings. The molecule has 1 heterocycles. The van der Waals surface area contributed by atoms with Gasteiger partial charge in [-0.15, -0.1) is 0 Å². The number of rotatable bonds is 2. The Morgan fingerprint density at radius 1 is 0.444 bits per heavy atom. The van der Waals surface area contributed by atoms with Gasteiger partial charge in [-0.25, -0.2) is 0 Å². The number of aromatic nitrogens is 1. The molecular weight excluding hydrogens is 373 g/mol. The van der Waals surface area contributed by atoms with Crippen LogP contribution < -0.4 is 0 Å². The highest BCUT2D eigenvalue weighted by Gasteiger charge is 2.08. The molecule has 0 saturated heterocycles. The van der Waals surface area contributed by atoms with Crippen LogP contribution in [-0.4, -0.2) is 4.98 Å². The summed E-state index contributed by atoms with van der Waals surface area (Å²) in [6, 6.07) is 29.0. The van der Waals surface area contributed by atoms with Gasteiger partial charge in [0.05, 0.1) is 0 Å². The molecule has 4 aromatic carbocycles. The molecule has 1 N–H and O–H groups in total. The lowest BCUT2D eigenvalue weighted by atomic mass is 10.0. The van der Waals surface area contributed by atoms with E-state index in [1.165, 1.54) is 21.9 Å². The van der Waals surface area contributed by atoms with E-state index in [1.54, 1.807) is 0 Å². The third-order valence-corrected chi connectivity index (χ3v) is 5.46. The summed E-state index contributed by atoms with van der Waals surface area (Å²) in [5.74, 6) is 0. The van der Waals surface area contributed by atoms with Crippen molar-refractivity contribution < 1.29 is 0 Å². The van der Waals surface area contributed by atoms with Crippen LogP contribution >= 0.6 is 23.2 Å². The summed E-state index contributed by atoms with van der Waals surface area (Å²) in [7, 11) is 0. The molecule has 130 valence electrons. The smallest absolute Gasteiger partial charge is 0.0465 e. The Morgan fingerprint density at radius 2 is 0.815 bits per heavy atom. The minimum Gasteiger partial charge on any atom is -0.355 e. The summed E-state index contributed by atoms with van der Waals surface area (Å²) >= 11 is 12.1. The molecule has 3 heteroatoms. The lowest BCUT2D eigenvalue weighted by Gasteiger charge is -2.04. The van der Waals surface area contributed by atoms with Crippen LogP contribution in [0, 0.1) is 0 Å². The maximum Gasteiger partial charge on any atom is 0.0465 e. The van der Waals surface area contributed by atoms with E-state index >= 15 is 0 Å². The quantitative estimate of drug-likeness (QED) is 0.316. The van der Waals surface area contributed by atoms with Crippen molar-refractivity contribution in [2.75, 3.05) is 0 Å². The summed E-state index contributed by atoms with van der Waals surface area (Å²) in [5.41, 5.74) is 6.94. The van der Waals surface area contributed by atoms with Gasteiger partial charge >= 0.3 is 0 Å². The highest BCUT2D eigenvalue weighted by atomic mass is 35.5. The second-order valence-corrected chi connectivity index (χ2v) is 7.53. The average molecular weight is 388 g/mol. The van der Waals surface area contributed by atoms with Crippen molar-refractivity contribution in [1.82, 2.24) is 4.98 Å². The van der Waals surface area contributed by atoms with Crippen molar-refractivity contribution in [2.24, 2.45) is 0 Å². The first-order chi connectivity index (χ1) is 13.2. The number of fused-ring (bicyclic) bond motifs is 3. The Bertz CT molecular complexity index is 1170. The van der Waals surface area contributed by atoms with Gasteiger partial charge in [-0.3, -0.25) is 0 Å². The number of hydrogen-bond donors (Lipinski definition) is 1. The molecule has 0 aliphatic rings. The molecule has 0 bridgehead atoms. The Balaban J connectivity index is 1.68. The van der Waals surface area contributed by atoms with Crippen LogP contribution in [0.1, 0.15) is 0 Å². The standard InChI is InChI=1S/C24H15Cl2N/c25-19-7-1-15(2-8-19)17-5-11-23-21(13-17)22-14-18(6-12-24(22)27-23)16-3-9-20(26)10-4-16/h1-14,27H. The van der Waals surface area contributed by atoms with Gasteiger partial charge in [-0.1, -0.05) is 59.6 Å². The fourth-order valence-electron chi connectivity index (χ4n) is 3.54. The molecule has 27 heavy (non-hydrogen) atoms. The van der Waals surface area contributed by atoms with Crippen molar-refractivity contribution in [3.8, 4) is 22.3 Å². The molecule has 0 atom stereocenters. The van der Waals surface area contributed by atoms with Crippen LogP contribution in [0.4, 0.5) is 0 Å². The van der Waals surface area contributed by atoms with Gasteiger partial charge in [0.2, 0.25) is 0 Å². The molecule has 1 nitrogen and oxygen atoms in total. The molecule has 0 radical (unpaired) electrons. The highest BCUT2D eigenvalue weighted by molar-refractivity contribution is 6.31. The van der Waals surface area contributed by atoms with Gasteiger partial charge in [-0.05, 0) is 70.8 Å². The molecule has 0 fully saturated rings.